The zero-order chi connectivity index (χ0) is 16.9. The molecular weight excluding hydrogens is 292 g/mol. The Kier molecular flexibility index (Phi) is 8.85. The van der Waals surface area contributed by atoms with Crippen molar-refractivity contribution < 1.29 is 14.4 Å². The summed E-state index contributed by atoms with van der Waals surface area (Å²) in [5, 5.41) is 17.5. The number of ether oxygens (including phenoxy) is 1. The summed E-state index contributed by atoms with van der Waals surface area (Å²) >= 11 is 0. The summed E-state index contributed by atoms with van der Waals surface area (Å²) in [5.41, 5.74) is 1.34. The maximum absolute atomic E-state index is 10.0. The molecule has 0 saturated carbocycles. The van der Waals surface area contributed by atoms with Crippen molar-refractivity contribution in [3.8, 4) is 0 Å². The van der Waals surface area contributed by atoms with Gasteiger partial charge in [-0.25, -0.2) is 0 Å². The molecule has 0 fully saturated rings. The molecule has 23 heavy (non-hydrogen) atoms. The van der Waals surface area contributed by atoms with Gasteiger partial charge >= 0.3 is 0 Å². The van der Waals surface area contributed by atoms with Crippen molar-refractivity contribution in [2.75, 3.05) is 6.61 Å². The van der Waals surface area contributed by atoms with Crippen molar-refractivity contribution in [1.82, 2.24) is 4.98 Å². The zero-order valence-corrected chi connectivity index (χ0v) is 13.1. The Balaban J connectivity index is 2.37. The number of rotatable bonds is 11. The van der Waals surface area contributed by atoms with Crippen LogP contribution in [0.3, 0.4) is 0 Å². The highest BCUT2D eigenvalue weighted by Crippen LogP contribution is 1.94. The van der Waals surface area contributed by atoms with E-state index in [1.807, 2.05) is 10.8 Å². The monoisotopic (exact) mass is 315 g/mol. The molecule has 1 aromatic heterocycles. The molecule has 0 aliphatic carbocycles. The van der Waals surface area contributed by atoms with Gasteiger partial charge in [0, 0.05) is 12.6 Å². The van der Waals surface area contributed by atoms with Gasteiger partial charge in [0.25, 0.3) is 0 Å². The third-order valence-electron chi connectivity index (χ3n) is 2.81. The summed E-state index contributed by atoms with van der Waals surface area (Å²) in [7, 11) is 0. The number of aliphatic hydroxyl groups excluding tert-OH is 1. The molecule has 0 bridgehead atoms. The van der Waals surface area contributed by atoms with E-state index in [0.717, 1.165) is 5.69 Å². The van der Waals surface area contributed by atoms with Gasteiger partial charge in [-0.1, -0.05) is 12.2 Å². The van der Waals surface area contributed by atoms with E-state index in [0.29, 0.717) is 25.1 Å². The fraction of sp³-hybridized carbons (Fsp3) is 0.294. The fourth-order valence-electron chi connectivity index (χ4n) is 1.78. The van der Waals surface area contributed by atoms with E-state index in [1.165, 1.54) is 18.7 Å². The summed E-state index contributed by atoms with van der Waals surface area (Å²) in [6.45, 7) is 7.81. The second-order valence-corrected chi connectivity index (χ2v) is 4.78. The molecule has 1 atom stereocenters. The van der Waals surface area contributed by atoms with Gasteiger partial charge in [0.15, 0.2) is 12.7 Å². The molecular formula is C17H23N4O2+. The van der Waals surface area contributed by atoms with Gasteiger partial charge in [-0.05, 0) is 0 Å². The summed E-state index contributed by atoms with van der Waals surface area (Å²) in [6, 6.07) is 0. The van der Waals surface area contributed by atoms with Gasteiger partial charge in [-0.2, -0.15) is 4.57 Å². The van der Waals surface area contributed by atoms with Crippen LogP contribution >= 0.6 is 0 Å². The van der Waals surface area contributed by atoms with Crippen LogP contribution in [0.25, 0.3) is 0 Å². The second kappa shape index (κ2) is 11.0. The molecule has 6 heteroatoms. The third-order valence-corrected chi connectivity index (χ3v) is 2.81. The number of aliphatic hydroxyl groups is 1. The second-order valence-electron chi connectivity index (χ2n) is 4.78. The van der Waals surface area contributed by atoms with E-state index in [2.05, 4.69) is 23.1 Å². The first kappa shape index (κ1) is 18.4. The lowest BCUT2D eigenvalue weighted by Gasteiger charge is -2.08. The van der Waals surface area contributed by atoms with E-state index in [4.69, 9.17) is 10.1 Å². The van der Waals surface area contributed by atoms with Gasteiger partial charge in [0.05, 0.1) is 30.7 Å². The van der Waals surface area contributed by atoms with Crippen LogP contribution in [0, 0.1) is 5.41 Å². The maximum atomic E-state index is 10.0. The van der Waals surface area contributed by atoms with Gasteiger partial charge < -0.3 is 15.3 Å². The number of hydrogen-bond donors (Lipinski definition) is 2. The van der Waals surface area contributed by atoms with Crippen LogP contribution in [0.1, 0.15) is 12.1 Å². The number of nitrogens with one attached hydrogen (secondary N) is 1. The molecule has 1 heterocycles. The lowest BCUT2D eigenvalue weighted by molar-refractivity contribution is -0.710. The number of hydrogen-bond acceptors (Lipinski definition) is 5. The van der Waals surface area contributed by atoms with Gasteiger partial charge in [0.1, 0.15) is 19.0 Å². The van der Waals surface area contributed by atoms with Crippen molar-refractivity contribution in [2.45, 2.75) is 25.5 Å². The minimum absolute atomic E-state index is 0.152. The molecule has 6 nitrogen and oxygen atoms in total. The van der Waals surface area contributed by atoms with Gasteiger partial charge in [-0.3, -0.25) is 9.98 Å². The zero-order valence-electron chi connectivity index (χ0n) is 13.1. The van der Waals surface area contributed by atoms with E-state index in [9.17, 15) is 5.11 Å². The first-order valence-electron chi connectivity index (χ1n) is 7.26. The summed E-state index contributed by atoms with van der Waals surface area (Å²) in [4.78, 5) is 7.96. The van der Waals surface area contributed by atoms with Gasteiger partial charge in [0.2, 0.25) is 5.69 Å². The van der Waals surface area contributed by atoms with Crippen LogP contribution in [0.5, 0.6) is 0 Å². The molecule has 2 N–H and O–H groups in total. The number of aliphatic imine (C=N–C) groups is 1. The highest BCUT2D eigenvalue weighted by atomic mass is 16.5. The van der Waals surface area contributed by atoms with Crippen LogP contribution in [-0.2, 0) is 17.7 Å². The van der Waals surface area contributed by atoms with Gasteiger partial charge in [-0.15, -0.1) is 13.2 Å². The van der Waals surface area contributed by atoms with Crippen molar-refractivity contribution >= 4 is 11.9 Å². The lowest BCUT2D eigenvalue weighted by atomic mass is 10.3. The largest absolute Gasteiger partial charge is 0.497 e. The van der Waals surface area contributed by atoms with E-state index < -0.39 is 6.10 Å². The summed E-state index contributed by atoms with van der Waals surface area (Å²) in [5.74, 6) is 0. The third kappa shape index (κ3) is 7.82. The Morgan fingerprint density at radius 3 is 3.04 bits per heavy atom. The number of aromatic nitrogens is 2. The SMILES string of the molecule is C=CCC(=N)C=N/C=C\OCC(O)C[n+]1ccncc1CC=C. The van der Waals surface area contributed by atoms with E-state index in [-0.39, 0.29) is 6.61 Å². The Morgan fingerprint density at radius 2 is 2.30 bits per heavy atom. The molecule has 0 aliphatic rings. The Morgan fingerprint density at radius 1 is 1.48 bits per heavy atom. The van der Waals surface area contributed by atoms with E-state index >= 15 is 0 Å². The average Bonchev–Trinajstić information content (AvgIpc) is 2.53. The van der Waals surface area contributed by atoms with Crippen LogP contribution in [0.2, 0.25) is 0 Å². The topological polar surface area (TPSA) is 82.4 Å². The quantitative estimate of drug-likeness (QED) is 0.282. The van der Waals surface area contributed by atoms with Crippen LogP contribution in [0.4, 0.5) is 0 Å². The molecule has 0 spiro atoms. The minimum atomic E-state index is -0.654. The average molecular weight is 315 g/mol. The normalized spacial score (nSPS) is 12.4. The molecule has 122 valence electrons. The molecule has 1 unspecified atom stereocenters. The summed E-state index contributed by atoms with van der Waals surface area (Å²) < 4.78 is 7.14. The molecule has 0 saturated heterocycles. The number of nitrogens with zero attached hydrogens (tertiary/aromatic N) is 3. The Bertz CT molecular complexity index is 582. The first-order valence-corrected chi connectivity index (χ1v) is 7.26. The first-order chi connectivity index (χ1) is 11.2. The molecule has 1 rings (SSSR count). The molecule has 0 amide bonds. The molecule has 1 aromatic rings. The van der Waals surface area contributed by atoms with Crippen molar-refractivity contribution in [3.05, 3.63) is 62.1 Å². The Labute approximate surface area is 136 Å². The standard InChI is InChI=1S/C17H23N4O2/c1-3-5-15(18)11-20-8-10-23-14-17(22)13-21-9-7-19-12-16(21)6-4-2/h3-4,7-12,17-18,22H,1-2,5-6,13-14H2/q+1/b10-8-,18-15?,20-11?. The fourth-order valence-corrected chi connectivity index (χ4v) is 1.78. The van der Waals surface area contributed by atoms with Crippen LogP contribution in [0.15, 0.2) is 61.4 Å². The van der Waals surface area contributed by atoms with Crippen LogP contribution in [-0.4, -0.2) is 34.7 Å². The van der Waals surface area contributed by atoms with Crippen LogP contribution < -0.4 is 4.57 Å². The predicted octanol–water partition coefficient (Wildman–Crippen LogP) is 1.61. The van der Waals surface area contributed by atoms with Crippen molar-refractivity contribution in [1.29, 1.82) is 5.41 Å². The lowest BCUT2D eigenvalue weighted by Crippen LogP contribution is -2.44. The smallest absolute Gasteiger partial charge is 0.203 e. The predicted molar refractivity (Wildman–Crippen MR) is 90.5 cm³/mol. The highest BCUT2D eigenvalue weighted by molar-refractivity contribution is 6.29. The molecule has 0 aliphatic heterocycles. The minimum Gasteiger partial charge on any atom is -0.497 e. The molecule has 0 radical (unpaired) electrons. The summed E-state index contributed by atoms with van der Waals surface area (Å²) in [6.07, 6.45) is 13.4. The Hall–Kier alpha value is -2.60. The van der Waals surface area contributed by atoms with Crippen molar-refractivity contribution in [2.24, 2.45) is 4.99 Å². The van der Waals surface area contributed by atoms with Crippen molar-refractivity contribution in [3.63, 3.8) is 0 Å². The highest BCUT2D eigenvalue weighted by Gasteiger charge is 2.15. The number of allylic oxidation sites excluding steroid dienone is 2. The maximum Gasteiger partial charge on any atom is 0.203 e. The molecule has 0 aromatic carbocycles. The van der Waals surface area contributed by atoms with E-state index in [1.54, 1.807) is 24.5 Å².